The van der Waals surface area contributed by atoms with Gasteiger partial charge in [0.1, 0.15) is 0 Å². The smallest absolute Gasteiger partial charge is 0.396 e. The summed E-state index contributed by atoms with van der Waals surface area (Å²) in [5.74, 6) is -2.69. The number of aliphatic hydroxyl groups is 1. The number of aliphatic hydroxyl groups excluding tert-OH is 1. The fourth-order valence-electron chi connectivity index (χ4n) is 1.58. The van der Waals surface area contributed by atoms with Crippen LogP contribution < -0.4 is 10.6 Å². The molecule has 2 amide bonds. The van der Waals surface area contributed by atoms with Crippen molar-refractivity contribution >= 4 is 17.5 Å². The first-order valence-corrected chi connectivity index (χ1v) is 6.44. The number of alkyl halides is 6. The highest BCUT2D eigenvalue weighted by Crippen LogP contribution is 2.37. The first kappa shape index (κ1) is 19.7. The van der Waals surface area contributed by atoms with Crippen molar-refractivity contribution in [2.75, 3.05) is 18.5 Å². The van der Waals surface area contributed by atoms with Crippen molar-refractivity contribution in [2.24, 2.45) is 0 Å². The average Bonchev–Trinajstić information content (AvgIpc) is 2.45. The topological polar surface area (TPSA) is 78.4 Å². The van der Waals surface area contributed by atoms with Crippen LogP contribution >= 0.6 is 0 Å². The van der Waals surface area contributed by atoms with Gasteiger partial charge in [-0.15, -0.1) is 0 Å². The van der Waals surface area contributed by atoms with Crippen molar-refractivity contribution in [3.8, 4) is 0 Å². The minimum Gasteiger partial charge on any atom is -0.396 e. The van der Waals surface area contributed by atoms with Crippen LogP contribution in [0.5, 0.6) is 0 Å². The molecule has 11 heteroatoms. The van der Waals surface area contributed by atoms with Crippen LogP contribution in [0.2, 0.25) is 0 Å². The van der Waals surface area contributed by atoms with E-state index in [1.165, 1.54) is 0 Å². The van der Waals surface area contributed by atoms with Crippen molar-refractivity contribution in [3.63, 3.8) is 0 Å². The van der Waals surface area contributed by atoms with Gasteiger partial charge in [0.25, 0.3) is 0 Å². The van der Waals surface area contributed by atoms with Gasteiger partial charge < -0.3 is 15.7 Å². The zero-order chi connectivity index (χ0) is 18.5. The lowest BCUT2D eigenvalue weighted by atomic mass is 10.1. The minimum atomic E-state index is -5.07. The summed E-state index contributed by atoms with van der Waals surface area (Å²) in [7, 11) is 0. The summed E-state index contributed by atoms with van der Waals surface area (Å²) < 4.78 is 75.9. The molecule has 1 aromatic carbocycles. The summed E-state index contributed by atoms with van der Waals surface area (Å²) in [5.41, 5.74) is -4.05. The summed E-state index contributed by atoms with van der Waals surface area (Å²) >= 11 is 0. The van der Waals surface area contributed by atoms with Crippen LogP contribution in [-0.2, 0) is 21.9 Å². The maximum atomic E-state index is 12.7. The predicted octanol–water partition coefficient (Wildman–Crippen LogP) is 2.16. The van der Waals surface area contributed by atoms with E-state index in [0.717, 1.165) is 0 Å². The molecule has 5 nitrogen and oxygen atoms in total. The van der Waals surface area contributed by atoms with E-state index in [1.807, 2.05) is 5.32 Å². The largest absolute Gasteiger partial charge is 0.416 e. The van der Waals surface area contributed by atoms with E-state index >= 15 is 0 Å². The van der Waals surface area contributed by atoms with Gasteiger partial charge in [-0.1, -0.05) is 0 Å². The van der Waals surface area contributed by atoms with Crippen LogP contribution in [0.3, 0.4) is 0 Å². The molecule has 0 unspecified atom stereocenters. The lowest BCUT2D eigenvalue weighted by Crippen LogP contribution is -2.36. The molecule has 0 bridgehead atoms. The lowest BCUT2D eigenvalue weighted by molar-refractivity contribution is -0.143. The third kappa shape index (κ3) is 5.72. The molecule has 0 fully saturated rings. The Morgan fingerprint density at radius 1 is 0.917 bits per heavy atom. The number of carbonyl (C=O) groups is 2. The first-order chi connectivity index (χ1) is 10.9. The van der Waals surface area contributed by atoms with E-state index in [4.69, 9.17) is 5.11 Å². The Kier molecular flexibility index (Phi) is 6.18. The molecule has 0 aromatic heterocycles. The summed E-state index contributed by atoms with van der Waals surface area (Å²) in [6, 6.07) is 0.471. The second kappa shape index (κ2) is 7.51. The van der Waals surface area contributed by atoms with Crippen LogP contribution in [0.1, 0.15) is 17.5 Å². The molecule has 24 heavy (non-hydrogen) atoms. The van der Waals surface area contributed by atoms with Gasteiger partial charge in [0.15, 0.2) is 0 Å². The highest BCUT2D eigenvalue weighted by molar-refractivity contribution is 6.39. The molecular weight excluding hydrogens is 346 g/mol. The molecule has 0 saturated heterocycles. The molecule has 1 rings (SSSR count). The Morgan fingerprint density at radius 2 is 1.42 bits per heavy atom. The zero-order valence-electron chi connectivity index (χ0n) is 11.9. The normalized spacial score (nSPS) is 12.0. The number of carbonyl (C=O) groups excluding carboxylic acids is 2. The molecule has 0 heterocycles. The molecule has 134 valence electrons. The number of hydrogen-bond acceptors (Lipinski definition) is 3. The molecule has 1 aromatic rings. The SMILES string of the molecule is O=C(NCCCO)C(=O)Nc1cc(C(F)(F)F)cc(C(F)(F)F)c1. The molecular formula is C13H12F6N2O3. The van der Waals surface area contributed by atoms with Gasteiger partial charge in [0.2, 0.25) is 0 Å². The summed E-state index contributed by atoms with van der Waals surface area (Å²) in [6.07, 6.45) is -10.0. The Balaban J connectivity index is 3.02. The Labute approximate surface area is 131 Å². The number of nitrogens with one attached hydrogen (secondary N) is 2. The fourth-order valence-corrected chi connectivity index (χ4v) is 1.58. The first-order valence-electron chi connectivity index (χ1n) is 6.44. The van der Waals surface area contributed by atoms with Gasteiger partial charge in [0, 0.05) is 18.8 Å². The molecule has 0 saturated carbocycles. The van der Waals surface area contributed by atoms with Crippen molar-refractivity contribution in [1.29, 1.82) is 0 Å². The lowest BCUT2D eigenvalue weighted by Gasteiger charge is -2.14. The van der Waals surface area contributed by atoms with Crippen molar-refractivity contribution in [1.82, 2.24) is 5.32 Å². The van der Waals surface area contributed by atoms with Gasteiger partial charge in [-0.2, -0.15) is 26.3 Å². The molecule has 0 aliphatic rings. The maximum absolute atomic E-state index is 12.7. The van der Waals surface area contributed by atoms with Crippen LogP contribution in [0.4, 0.5) is 32.0 Å². The molecule has 0 aliphatic heterocycles. The standard InChI is InChI=1S/C13H12F6N2O3/c14-12(15,16)7-4-8(13(17,18)19)6-9(5-7)21-11(24)10(23)20-2-1-3-22/h4-6,22H,1-3H2,(H,20,23)(H,21,24). The number of amides is 2. The Bertz CT molecular complexity index is 580. The van der Waals surface area contributed by atoms with Gasteiger partial charge in [-0.25, -0.2) is 0 Å². The number of halogens is 6. The predicted molar refractivity (Wildman–Crippen MR) is 69.8 cm³/mol. The Hall–Kier alpha value is -2.30. The summed E-state index contributed by atoms with van der Waals surface area (Å²) in [4.78, 5) is 22.8. The quantitative estimate of drug-likeness (QED) is 0.439. The highest BCUT2D eigenvalue weighted by Gasteiger charge is 2.37. The van der Waals surface area contributed by atoms with E-state index in [9.17, 15) is 35.9 Å². The number of benzene rings is 1. The molecule has 0 spiro atoms. The minimum absolute atomic E-state index is 0.0842. The average molecular weight is 358 g/mol. The van der Waals surface area contributed by atoms with Crippen LogP contribution in [0, 0.1) is 0 Å². The van der Waals surface area contributed by atoms with Crippen LogP contribution in [0.25, 0.3) is 0 Å². The second-order valence-electron chi connectivity index (χ2n) is 4.58. The maximum Gasteiger partial charge on any atom is 0.416 e. The van der Waals surface area contributed by atoms with Crippen molar-refractivity contribution in [3.05, 3.63) is 29.3 Å². The number of rotatable bonds is 4. The number of hydrogen-bond donors (Lipinski definition) is 3. The van der Waals surface area contributed by atoms with Gasteiger partial charge >= 0.3 is 24.2 Å². The van der Waals surface area contributed by atoms with Gasteiger partial charge in [-0.3, -0.25) is 9.59 Å². The van der Waals surface area contributed by atoms with E-state index in [-0.39, 0.29) is 37.8 Å². The van der Waals surface area contributed by atoms with E-state index in [0.29, 0.717) is 0 Å². The second-order valence-corrected chi connectivity index (χ2v) is 4.58. The third-order valence-corrected chi connectivity index (χ3v) is 2.67. The molecule has 0 atom stereocenters. The fraction of sp³-hybridized carbons (Fsp3) is 0.385. The molecule has 0 aliphatic carbocycles. The van der Waals surface area contributed by atoms with Crippen molar-refractivity contribution in [2.45, 2.75) is 18.8 Å². The van der Waals surface area contributed by atoms with Gasteiger partial charge in [0.05, 0.1) is 11.1 Å². The van der Waals surface area contributed by atoms with Crippen molar-refractivity contribution < 1.29 is 41.0 Å². The number of anilines is 1. The zero-order valence-corrected chi connectivity index (χ0v) is 11.9. The summed E-state index contributed by atoms with van der Waals surface area (Å²) in [6.45, 7) is -0.358. The molecule has 0 radical (unpaired) electrons. The van der Waals surface area contributed by atoms with Crippen LogP contribution in [0.15, 0.2) is 18.2 Å². The molecule has 3 N–H and O–H groups in total. The van der Waals surface area contributed by atoms with E-state index in [1.54, 1.807) is 5.32 Å². The van der Waals surface area contributed by atoms with Gasteiger partial charge in [-0.05, 0) is 24.6 Å². The highest BCUT2D eigenvalue weighted by atomic mass is 19.4. The van der Waals surface area contributed by atoms with E-state index < -0.39 is 41.0 Å². The summed E-state index contributed by atoms with van der Waals surface area (Å²) in [5, 5.41) is 12.2. The Morgan fingerprint density at radius 3 is 1.83 bits per heavy atom. The van der Waals surface area contributed by atoms with Crippen LogP contribution in [-0.4, -0.2) is 30.1 Å². The third-order valence-electron chi connectivity index (χ3n) is 2.67. The van der Waals surface area contributed by atoms with E-state index in [2.05, 4.69) is 0 Å². The monoisotopic (exact) mass is 358 g/mol.